The number of aryl methyl sites for hydroxylation is 1. The van der Waals surface area contributed by atoms with Crippen LogP contribution in [0.1, 0.15) is 70.9 Å². The van der Waals surface area contributed by atoms with E-state index in [0.717, 1.165) is 25.1 Å². The standard InChI is InChI=1S/C16H26N4O3/c1-15(2,3)13-17-11(19-22-13)8-7-9-16(4,5)14-18-12(10-21-6)20-23-14/h7-10H2,1-6H3. The number of hydrogen-bond acceptors (Lipinski definition) is 7. The molecule has 0 aliphatic heterocycles. The molecule has 0 amide bonds. The summed E-state index contributed by atoms with van der Waals surface area (Å²) in [4.78, 5) is 8.84. The van der Waals surface area contributed by atoms with Gasteiger partial charge in [0.2, 0.25) is 11.8 Å². The first-order valence-corrected chi connectivity index (χ1v) is 7.87. The zero-order valence-corrected chi connectivity index (χ0v) is 14.8. The van der Waals surface area contributed by atoms with Gasteiger partial charge in [0, 0.05) is 24.4 Å². The van der Waals surface area contributed by atoms with E-state index in [2.05, 4.69) is 54.9 Å². The van der Waals surface area contributed by atoms with E-state index < -0.39 is 0 Å². The lowest BCUT2D eigenvalue weighted by Gasteiger charge is -2.18. The average Bonchev–Trinajstić information content (AvgIpc) is 3.07. The Morgan fingerprint density at radius 2 is 1.52 bits per heavy atom. The third-order valence-electron chi connectivity index (χ3n) is 3.63. The molecule has 0 fully saturated rings. The van der Waals surface area contributed by atoms with Crippen LogP contribution in [0.5, 0.6) is 0 Å². The van der Waals surface area contributed by atoms with E-state index in [-0.39, 0.29) is 10.8 Å². The minimum Gasteiger partial charge on any atom is -0.377 e. The summed E-state index contributed by atoms with van der Waals surface area (Å²) in [5, 5.41) is 7.97. The van der Waals surface area contributed by atoms with Gasteiger partial charge in [-0.25, -0.2) is 0 Å². The van der Waals surface area contributed by atoms with Crippen LogP contribution in [0.3, 0.4) is 0 Å². The Labute approximate surface area is 136 Å². The summed E-state index contributed by atoms with van der Waals surface area (Å²) < 4.78 is 15.7. The molecule has 0 atom stereocenters. The van der Waals surface area contributed by atoms with Gasteiger partial charge in [-0.1, -0.05) is 44.9 Å². The van der Waals surface area contributed by atoms with E-state index in [1.165, 1.54) is 0 Å². The van der Waals surface area contributed by atoms with E-state index in [9.17, 15) is 0 Å². The van der Waals surface area contributed by atoms with Gasteiger partial charge in [0.05, 0.1) is 0 Å². The van der Waals surface area contributed by atoms with Crippen molar-refractivity contribution in [1.29, 1.82) is 0 Å². The molecule has 7 nitrogen and oxygen atoms in total. The number of aromatic nitrogens is 4. The van der Waals surface area contributed by atoms with Crippen molar-refractivity contribution < 1.29 is 13.8 Å². The predicted octanol–water partition coefficient (Wildman–Crippen LogP) is 3.20. The summed E-state index contributed by atoms with van der Waals surface area (Å²) >= 11 is 0. The third kappa shape index (κ3) is 4.60. The molecule has 0 saturated heterocycles. The lowest BCUT2D eigenvalue weighted by atomic mass is 9.87. The number of methoxy groups -OCH3 is 1. The van der Waals surface area contributed by atoms with Gasteiger partial charge in [0.15, 0.2) is 11.6 Å². The first kappa shape index (κ1) is 17.6. The number of hydrogen-bond donors (Lipinski definition) is 0. The maximum atomic E-state index is 5.34. The molecule has 23 heavy (non-hydrogen) atoms. The largest absolute Gasteiger partial charge is 0.377 e. The van der Waals surface area contributed by atoms with Crippen LogP contribution in [0.25, 0.3) is 0 Å². The Morgan fingerprint density at radius 3 is 2.13 bits per heavy atom. The molecule has 0 radical (unpaired) electrons. The molecule has 2 aromatic heterocycles. The van der Waals surface area contributed by atoms with Gasteiger partial charge in [-0.2, -0.15) is 9.97 Å². The fraction of sp³-hybridized carbons (Fsp3) is 0.750. The Morgan fingerprint density at radius 1 is 0.913 bits per heavy atom. The summed E-state index contributed by atoms with van der Waals surface area (Å²) in [6, 6.07) is 0. The van der Waals surface area contributed by atoms with Crippen LogP contribution < -0.4 is 0 Å². The highest BCUT2D eigenvalue weighted by atomic mass is 16.5. The zero-order chi connectivity index (χ0) is 17.1. The summed E-state index contributed by atoms with van der Waals surface area (Å²) in [7, 11) is 1.61. The van der Waals surface area contributed by atoms with E-state index >= 15 is 0 Å². The molecule has 0 aliphatic rings. The Kier molecular flexibility index (Phi) is 5.19. The van der Waals surface area contributed by atoms with Gasteiger partial charge in [-0.05, 0) is 12.8 Å². The quantitative estimate of drug-likeness (QED) is 0.773. The predicted molar refractivity (Wildman–Crippen MR) is 84.0 cm³/mol. The van der Waals surface area contributed by atoms with Crippen molar-refractivity contribution in [2.75, 3.05) is 7.11 Å². The van der Waals surface area contributed by atoms with Crippen LogP contribution in [0.4, 0.5) is 0 Å². The van der Waals surface area contributed by atoms with Gasteiger partial charge in [-0.15, -0.1) is 0 Å². The average molecular weight is 322 g/mol. The highest BCUT2D eigenvalue weighted by Gasteiger charge is 2.28. The SMILES string of the molecule is COCc1noc(C(C)(C)CCCc2noc(C(C)(C)C)n2)n1. The summed E-state index contributed by atoms with van der Waals surface area (Å²) in [6.45, 7) is 10.7. The molecule has 2 aromatic rings. The van der Waals surface area contributed by atoms with E-state index in [1.54, 1.807) is 7.11 Å². The summed E-state index contributed by atoms with van der Waals surface area (Å²) in [5.74, 6) is 2.63. The van der Waals surface area contributed by atoms with E-state index in [4.69, 9.17) is 13.8 Å². The smallest absolute Gasteiger partial charge is 0.232 e. The van der Waals surface area contributed by atoms with Gasteiger partial charge >= 0.3 is 0 Å². The first-order valence-electron chi connectivity index (χ1n) is 7.87. The maximum Gasteiger partial charge on any atom is 0.232 e. The highest BCUT2D eigenvalue weighted by Crippen LogP contribution is 2.28. The van der Waals surface area contributed by atoms with Crippen molar-refractivity contribution in [2.45, 2.75) is 71.3 Å². The lowest BCUT2D eigenvalue weighted by molar-refractivity contribution is 0.174. The molecular weight excluding hydrogens is 296 g/mol. The van der Waals surface area contributed by atoms with Gasteiger partial charge in [0.25, 0.3) is 0 Å². The second-order valence-electron chi connectivity index (χ2n) is 7.45. The number of rotatable bonds is 7. The van der Waals surface area contributed by atoms with Crippen LogP contribution in [-0.2, 0) is 28.6 Å². The normalized spacial score (nSPS) is 12.8. The number of nitrogens with zero attached hydrogens (tertiary/aromatic N) is 4. The van der Waals surface area contributed by atoms with Crippen molar-refractivity contribution in [3.8, 4) is 0 Å². The molecule has 0 N–H and O–H groups in total. The lowest BCUT2D eigenvalue weighted by Crippen LogP contribution is -2.18. The van der Waals surface area contributed by atoms with Gasteiger partial charge in [0.1, 0.15) is 6.61 Å². The van der Waals surface area contributed by atoms with Gasteiger partial charge in [-0.3, -0.25) is 0 Å². The van der Waals surface area contributed by atoms with Crippen molar-refractivity contribution in [2.24, 2.45) is 0 Å². The van der Waals surface area contributed by atoms with Crippen molar-refractivity contribution in [3.63, 3.8) is 0 Å². The van der Waals surface area contributed by atoms with E-state index in [0.29, 0.717) is 24.2 Å². The molecule has 0 spiro atoms. The Hall–Kier alpha value is -1.76. The molecule has 128 valence electrons. The minimum atomic E-state index is -0.199. The van der Waals surface area contributed by atoms with Crippen LogP contribution in [0.15, 0.2) is 9.05 Å². The molecule has 2 heterocycles. The second-order valence-corrected chi connectivity index (χ2v) is 7.45. The molecular formula is C16H26N4O3. The fourth-order valence-electron chi connectivity index (χ4n) is 2.17. The number of ether oxygens (including phenoxy) is 1. The second kappa shape index (κ2) is 6.78. The minimum absolute atomic E-state index is 0.119. The summed E-state index contributed by atoms with van der Waals surface area (Å²) in [5.41, 5.74) is -0.318. The van der Waals surface area contributed by atoms with Crippen LogP contribution >= 0.6 is 0 Å². The Bertz CT molecular complexity index is 625. The fourth-order valence-corrected chi connectivity index (χ4v) is 2.17. The van der Waals surface area contributed by atoms with E-state index in [1.807, 2.05) is 0 Å². The van der Waals surface area contributed by atoms with Crippen molar-refractivity contribution in [1.82, 2.24) is 20.3 Å². The monoisotopic (exact) mass is 322 g/mol. The molecule has 0 saturated carbocycles. The zero-order valence-electron chi connectivity index (χ0n) is 14.8. The van der Waals surface area contributed by atoms with Crippen molar-refractivity contribution >= 4 is 0 Å². The molecule has 0 unspecified atom stereocenters. The molecule has 2 rings (SSSR count). The topological polar surface area (TPSA) is 87.1 Å². The first-order chi connectivity index (χ1) is 10.7. The molecule has 0 aromatic carbocycles. The molecule has 0 aliphatic carbocycles. The third-order valence-corrected chi connectivity index (χ3v) is 3.63. The molecule has 7 heteroatoms. The van der Waals surface area contributed by atoms with Crippen molar-refractivity contribution in [3.05, 3.63) is 23.4 Å². The molecule has 0 bridgehead atoms. The van der Waals surface area contributed by atoms with Crippen LogP contribution in [-0.4, -0.2) is 27.4 Å². The van der Waals surface area contributed by atoms with Gasteiger partial charge < -0.3 is 13.8 Å². The highest BCUT2D eigenvalue weighted by molar-refractivity contribution is 5.02. The van der Waals surface area contributed by atoms with Crippen LogP contribution in [0, 0.1) is 0 Å². The maximum absolute atomic E-state index is 5.34. The van der Waals surface area contributed by atoms with Crippen LogP contribution in [0.2, 0.25) is 0 Å². The summed E-state index contributed by atoms with van der Waals surface area (Å²) in [6.07, 6.45) is 2.57. The Balaban J connectivity index is 1.90.